The standard InChI is InChI=1S/C13H11BrN2O2/c1-18-13(17)10-6-9(4-2-3-5-14)7-12-11(10)8-15-16-12/h6-8H,3,5H2,1H3,(H,15,16). The van der Waals surface area contributed by atoms with Crippen LogP contribution in [-0.2, 0) is 4.74 Å². The van der Waals surface area contributed by atoms with Crippen molar-refractivity contribution in [3.8, 4) is 11.8 Å². The zero-order chi connectivity index (χ0) is 13.0. The Kier molecular flexibility index (Phi) is 4.00. The minimum atomic E-state index is -0.384. The average Bonchev–Trinajstić information content (AvgIpc) is 2.85. The number of aromatic amines is 1. The van der Waals surface area contributed by atoms with Crippen molar-refractivity contribution in [2.75, 3.05) is 12.4 Å². The molecule has 92 valence electrons. The SMILES string of the molecule is COC(=O)c1cc(C#CCCBr)cc2[nH]ncc12. The van der Waals surface area contributed by atoms with Crippen molar-refractivity contribution in [2.24, 2.45) is 0 Å². The van der Waals surface area contributed by atoms with Crippen molar-refractivity contribution >= 4 is 32.8 Å². The number of fused-ring (bicyclic) bond motifs is 1. The van der Waals surface area contributed by atoms with Crippen LogP contribution in [0.3, 0.4) is 0 Å². The van der Waals surface area contributed by atoms with Crippen molar-refractivity contribution in [3.05, 3.63) is 29.5 Å². The Hall–Kier alpha value is -1.80. The van der Waals surface area contributed by atoms with Crippen molar-refractivity contribution in [3.63, 3.8) is 0 Å². The molecule has 0 aliphatic rings. The lowest BCUT2D eigenvalue weighted by molar-refractivity contribution is 0.0603. The number of carbonyl (C=O) groups is 1. The Morgan fingerprint density at radius 1 is 1.56 bits per heavy atom. The number of ether oxygens (including phenoxy) is 1. The van der Waals surface area contributed by atoms with E-state index in [0.29, 0.717) is 5.56 Å². The van der Waals surface area contributed by atoms with Crippen LogP contribution in [0, 0.1) is 11.8 Å². The van der Waals surface area contributed by atoms with Crippen LogP contribution < -0.4 is 0 Å². The van der Waals surface area contributed by atoms with Crippen LogP contribution in [0.1, 0.15) is 22.3 Å². The predicted molar refractivity (Wildman–Crippen MR) is 72.7 cm³/mol. The summed E-state index contributed by atoms with van der Waals surface area (Å²) in [4.78, 5) is 11.7. The highest BCUT2D eigenvalue weighted by atomic mass is 79.9. The molecule has 0 aliphatic heterocycles. The molecule has 1 aromatic carbocycles. The van der Waals surface area contributed by atoms with Crippen LogP contribution in [0.15, 0.2) is 18.3 Å². The zero-order valence-electron chi connectivity index (χ0n) is 9.79. The van der Waals surface area contributed by atoms with Gasteiger partial charge in [0.2, 0.25) is 0 Å². The molecule has 0 unspecified atom stereocenters. The first kappa shape index (κ1) is 12.7. The van der Waals surface area contributed by atoms with E-state index in [1.165, 1.54) is 7.11 Å². The van der Waals surface area contributed by atoms with Crippen LogP contribution in [0.5, 0.6) is 0 Å². The Labute approximate surface area is 113 Å². The normalized spacial score (nSPS) is 9.89. The van der Waals surface area contributed by atoms with Gasteiger partial charge in [-0.1, -0.05) is 27.8 Å². The Morgan fingerprint density at radius 3 is 3.11 bits per heavy atom. The molecular formula is C13H11BrN2O2. The fraction of sp³-hybridized carbons (Fsp3) is 0.231. The van der Waals surface area contributed by atoms with E-state index in [1.807, 2.05) is 6.07 Å². The maximum absolute atomic E-state index is 11.7. The van der Waals surface area contributed by atoms with E-state index in [1.54, 1.807) is 12.3 Å². The van der Waals surface area contributed by atoms with Gasteiger partial charge in [0.25, 0.3) is 0 Å². The summed E-state index contributed by atoms with van der Waals surface area (Å²) in [7, 11) is 1.36. The highest BCUT2D eigenvalue weighted by molar-refractivity contribution is 9.09. The number of hydrogen-bond acceptors (Lipinski definition) is 3. The molecule has 2 aromatic rings. The lowest BCUT2D eigenvalue weighted by Gasteiger charge is -2.01. The number of nitrogens with zero attached hydrogens (tertiary/aromatic N) is 1. The Balaban J connectivity index is 2.51. The van der Waals surface area contributed by atoms with Gasteiger partial charge in [0.05, 0.1) is 24.4 Å². The van der Waals surface area contributed by atoms with Crippen LogP contribution in [0.4, 0.5) is 0 Å². The molecule has 0 saturated heterocycles. The first-order valence-electron chi connectivity index (χ1n) is 5.36. The van der Waals surface area contributed by atoms with E-state index in [9.17, 15) is 4.79 Å². The highest BCUT2D eigenvalue weighted by Crippen LogP contribution is 2.19. The molecule has 0 atom stereocenters. The summed E-state index contributed by atoms with van der Waals surface area (Å²) in [6.45, 7) is 0. The quantitative estimate of drug-likeness (QED) is 0.527. The number of alkyl halides is 1. The summed E-state index contributed by atoms with van der Waals surface area (Å²) in [5, 5.41) is 8.34. The van der Waals surface area contributed by atoms with Gasteiger partial charge in [-0.2, -0.15) is 5.10 Å². The minimum absolute atomic E-state index is 0.384. The fourth-order valence-electron chi connectivity index (χ4n) is 1.61. The number of nitrogens with one attached hydrogen (secondary N) is 1. The molecule has 18 heavy (non-hydrogen) atoms. The number of benzene rings is 1. The maximum Gasteiger partial charge on any atom is 0.338 e. The molecule has 5 heteroatoms. The molecule has 0 aliphatic carbocycles. The van der Waals surface area contributed by atoms with Crippen molar-refractivity contribution in [1.29, 1.82) is 0 Å². The average molecular weight is 307 g/mol. The van der Waals surface area contributed by atoms with Crippen molar-refractivity contribution < 1.29 is 9.53 Å². The number of halogens is 1. The molecule has 4 nitrogen and oxygen atoms in total. The van der Waals surface area contributed by atoms with Gasteiger partial charge in [-0.15, -0.1) is 0 Å². The van der Waals surface area contributed by atoms with Gasteiger partial charge in [0, 0.05) is 22.7 Å². The summed E-state index contributed by atoms with van der Waals surface area (Å²) in [5.74, 6) is 5.64. The van der Waals surface area contributed by atoms with Gasteiger partial charge in [-0.25, -0.2) is 4.79 Å². The summed E-state index contributed by atoms with van der Waals surface area (Å²) in [5.41, 5.74) is 2.03. The molecule has 0 spiro atoms. The summed E-state index contributed by atoms with van der Waals surface area (Å²) in [6, 6.07) is 3.60. The van der Waals surface area contributed by atoms with Crippen molar-refractivity contribution in [2.45, 2.75) is 6.42 Å². The molecule has 0 bridgehead atoms. The summed E-state index contributed by atoms with van der Waals surface area (Å²) < 4.78 is 4.76. The Bertz CT molecular complexity index is 637. The van der Waals surface area contributed by atoms with Gasteiger partial charge < -0.3 is 4.74 Å². The number of methoxy groups -OCH3 is 1. The molecule has 0 saturated carbocycles. The Morgan fingerprint density at radius 2 is 2.39 bits per heavy atom. The van der Waals surface area contributed by atoms with Crippen LogP contribution in [0.2, 0.25) is 0 Å². The molecule has 1 N–H and O–H groups in total. The topological polar surface area (TPSA) is 55.0 Å². The van der Waals surface area contributed by atoms with Gasteiger partial charge >= 0.3 is 5.97 Å². The van der Waals surface area contributed by atoms with E-state index in [2.05, 4.69) is 38.0 Å². The van der Waals surface area contributed by atoms with E-state index in [-0.39, 0.29) is 5.97 Å². The summed E-state index contributed by atoms with van der Waals surface area (Å²) in [6.07, 6.45) is 2.37. The molecule has 1 heterocycles. The van der Waals surface area contributed by atoms with E-state index < -0.39 is 0 Å². The first-order valence-corrected chi connectivity index (χ1v) is 6.48. The fourth-order valence-corrected chi connectivity index (χ4v) is 1.81. The largest absolute Gasteiger partial charge is 0.465 e. The van der Waals surface area contributed by atoms with Gasteiger partial charge in [0.1, 0.15) is 0 Å². The number of rotatable bonds is 2. The van der Waals surface area contributed by atoms with E-state index >= 15 is 0 Å². The first-order chi connectivity index (χ1) is 8.76. The number of hydrogen-bond donors (Lipinski definition) is 1. The molecule has 0 fully saturated rings. The smallest absolute Gasteiger partial charge is 0.338 e. The number of H-pyrrole nitrogens is 1. The van der Waals surface area contributed by atoms with Gasteiger partial charge in [-0.05, 0) is 12.1 Å². The monoisotopic (exact) mass is 306 g/mol. The second-order valence-corrected chi connectivity index (χ2v) is 4.38. The summed E-state index contributed by atoms with van der Waals surface area (Å²) >= 11 is 3.31. The van der Waals surface area contributed by atoms with Gasteiger partial charge in [0.15, 0.2) is 0 Å². The second-order valence-electron chi connectivity index (χ2n) is 3.59. The number of carbonyl (C=O) groups excluding carboxylic acids is 1. The van der Waals surface area contributed by atoms with Crippen LogP contribution in [0.25, 0.3) is 10.9 Å². The number of aromatic nitrogens is 2. The lowest BCUT2D eigenvalue weighted by atomic mass is 10.1. The zero-order valence-corrected chi connectivity index (χ0v) is 11.4. The third-order valence-corrected chi connectivity index (χ3v) is 2.81. The molecular weight excluding hydrogens is 296 g/mol. The third-order valence-electron chi connectivity index (χ3n) is 2.42. The van der Waals surface area contributed by atoms with Crippen LogP contribution >= 0.6 is 15.9 Å². The lowest BCUT2D eigenvalue weighted by Crippen LogP contribution is -2.02. The predicted octanol–water partition coefficient (Wildman–Crippen LogP) is 2.49. The highest BCUT2D eigenvalue weighted by Gasteiger charge is 2.12. The van der Waals surface area contributed by atoms with Crippen molar-refractivity contribution in [1.82, 2.24) is 10.2 Å². The van der Waals surface area contributed by atoms with E-state index in [0.717, 1.165) is 28.2 Å². The minimum Gasteiger partial charge on any atom is -0.465 e. The van der Waals surface area contributed by atoms with Crippen LogP contribution in [-0.4, -0.2) is 28.6 Å². The third kappa shape index (κ3) is 2.54. The van der Waals surface area contributed by atoms with E-state index in [4.69, 9.17) is 4.74 Å². The number of esters is 1. The second kappa shape index (κ2) is 5.69. The molecule has 0 radical (unpaired) electrons. The molecule has 1 aromatic heterocycles. The maximum atomic E-state index is 11.7. The molecule has 0 amide bonds. The van der Waals surface area contributed by atoms with Gasteiger partial charge in [-0.3, -0.25) is 5.10 Å². The molecule has 2 rings (SSSR count).